The number of anilines is 1. The molecule has 0 radical (unpaired) electrons. The maximum absolute atomic E-state index is 12.8. The molecule has 1 N–H and O–H groups in total. The Morgan fingerprint density at radius 3 is 2.69 bits per heavy atom. The van der Waals surface area contributed by atoms with Crippen LogP contribution in [0.1, 0.15) is 36.5 Å². The number of carbonyl (C=O) groups excluding carboxylic acids is 2. The van der Waals surface area contributed by atoms with Gasteiger partial charge in [0.15, 0.2) is 23.2 Å². The molecule has 32 heavy (non-hydrogen) atoms. The van der Waals surface area contributed by atoms with Crippen molar-refractivity contribution in [1.29, 1.82) is 0 Å². The molecule has 1 aromatic carbocycles. The lowest BCUT2D eigenvalue weighted by Gasteiger charge is -2.26. The van der Waals surface area contributed by atoms with Gasteiger partial charge in [0.2, 0.25) is 0 Å². The maximum Gasteiger partial charge on any atom is 0.260 e. The van der Waals surface area contributed by atoms with E-state index in [1.807, 2.05) is 34.7 Å². The highest BCUT2D eigenvalue weighted by Crippen LogP contribution is 2.31. The fraction of sp³-hybridized carbons (Fsp3) is 0.348. The number of hydrogen-bond acceptors (Lipinski definition) is 7. The molecule has 1 fully saturated rings. The number of benzene rings is 1. The van der Waals surface area contributed by atoms with Crippen molar-refractivity contribution in [3.05, 3.63) is 46.7 Å². The van der Waals surface area contributed by atoms with Crippen LogP contribution in [0.25, 0.3) is 10.6 Å². The van der Waals surface area contributed by atoms with Crippen LogP contribution in [-0.4, -0.2) is 48.0 Å². The molecule has 1 aliphatic rings. The molecule has 0 bridgehead atoms. The van der Waals surface area contributed by atoms with Crippen molar-refractivity contribution in [3.8, 4) is 22.1 Å². The largest absolute Gasteiger partial charge is 0.490 e. The van der Waals surface area contributed by atoms with Crippen molar-refractivity contribution in [1.82, 2.24) is 9.88 Å². The second-order valence-electron chi connectivity index (χ2n) is 7.29. The molecule has 3 heterocycles. The van der Waals surface area contributed by atoms with Gasteiger partial charge in [-0.25, -0.2) is 4.98 Å². The summed E-state index contributed by atoms with van der Waals surface area (Å²) in [5.41, 5.74) is 1.27. The molecule has 1 aliphatic heterocycles. The molecule has 0 atom stereocenters. The number of thiazole rings is 1. The van der Waals surface area contributed by atoms with Gasteiger partial charge in [-0.3, -0.25) is 14.9 Å². The lowest BCUT2D eigenvalue weighted by Crippen LogP contribution is -2.38. The molecule has 4 rings (SSSR count). The van der Waals surface area contributed by atoms with Crippen molar-refractivity contribution >= 4 is 39.6 Å². The number of aromatic nitrogens is 1. The van der Waals surface area contributed by atoms with E-state index < -0.39 is 0 Å². The van der Waals surface area contributed by atoms with Gasteiger partial charge >= 0.3 is 0 Å². The molecule has 0 saturated carbocycles. The molecular weight excluding hydrogens is 446 g/mol. The molecule has 7 nitrogen and oxygen atoms in total. The summed E-state index contributed by atoms with van der Waals surface area (Å²) in [7, 11) is 0. The summed E-state index contributed by atoms with van der Waals surface area (Å²) in [6.07, 6.45) is 3.24. The van der Waals surface area contributed by atoms with Gasteiger partial charge in [-0.1, -0.05) is 6.07 Å². The van der Waals surface area contributed by atoms with Crippen LogP contribution in [0.3, 0.4) is 0 Å². The van der Waals surface area contributed by atoms with E-state index in [0.717, 1.165) is 36.5 Å². The smallest absolute Gasteiger partial charge is 0.260 e. The van der Waals surface area contributed by atoms with Crippen LogP contribution in [0.4, 0.5) is 5.13 Å². The molecule has 168 valence electrons. The first-order chi connectivity index (χ1) is 15.6. The Bertz CT molecular complexity index is 1060. The fourth-order valence-corrected chi connectivity index (χ4v) is 4.92. The molecule has 9 heteroatoms. The number of amides is 2. The first-order valence-electron chi connectivity index (χ1n) is 10.6. The minimum atomic E-state index is -0.283. The Hall–Kier alpha value is -2.91. The van der Waals surface area contributed by atoms with Crippen LogP contribution < -0.4 is 14.8 Å². The van der Waals surface area contributed by atoms with Gasteiger partial charge < -0.3 is 14.4 Å². The van der Waals surface area contributed by atoms with E-state index in [9.17, 15) is 9.59 Å². The lowest BCUT2D eigenvalue weighted by atomic mass is 10.1. The van der Waals surface area contributed by atoms with Crippen molar-refractivity contribution in [2.24, 2.45) is 0 Å². The minimum absolute atomic E-state index is 0.0284. The second-order valence-corrected chi connectivity index (χ2v) is 9.10. The maximum atomic E-state index is 12.8. The summed E-state index contributed by atoms with van der Waals surface area (Å²) < 4.78 is 11.4. The van der Waals surface area contributed by atoms with Crippen LogP contribution in [-0.2, 0) is 4.79 Å². The molecule has 3 aromatic rings. The molecular formula is C23H25N3O4S2. The molecule has 2 aromatic heterocycles. The Morgan fingerprint density at radius 2 is 1.94 bits per heavy atom. The number of nitrogens with one attached hydrogen (secondary N) is 1. The number of nitrogens with zero attached hydrogens (tertiary/aromatic N) is 2. The normalized spacial score (nSPS) is 13.6. The van der Waals surface area contributed by atoms with Gasteiger partial charge in [-0.05, 0) is 55.8 Å². The highest BCUT2D eigenvalue weighted by molar-refractivity contribution is 7.16. The first-order valence-corrected chi connectivity index (χ1v) is 12.4. The molecule has 1 saturated heterocycles. The third kappa shape index (κ3) is 5.46. The highest BCUT2D eigenvalue weighted by Gasteiger charge is 2.19. The van der Waals surface area contributed by atoms with E-state index in [2.05, 4.69) is 10.3 Å². The van der Waals surface area contributed by atoms with Crippen molar-refractivity contribution in [3.63, 3.8) is 0 Å². The Morgan fingerprint density at radius 1 is 1.09 bits per heavy atom. The zero-order valence-corrected chi connectivity index (χ0v) is 19.5. The van der Waals surface area contributed by atoms with Crippen LogP contribution in [0.5, 0.6) is 11.5 Å². The summed E-state index contributed by atoms with van der Waals surface area (Å²) in [6.45, 7) is 3.79. The Kier molecular flexibility index (Phi) is 7.39. The topological polar surface area (TPSA) is 80.8 Å². The van der Waals surface area contributed by atoms with Crippen molar-refractivity contribution < 1.29 is 19.1 Å². The lowest BCUT2D eigenvalue weighted by molar-refractivity contribution is -0.134. The van der Waals surface area contributed by atoms with E-state index in [-0.39, 0.29) is 18.4 Å². The summed E-state index contributed by atoms with van der Waals surface area (Å²) in [6, 6.07) is 8.92. The van der Waals surface area contributed by atoms with Gasteiger partial charge in [-0.2, -0.15) is 0 Å². The summed E-state index contributed by atoms with van der Waals surface area (Å²) in [4.78, 5) is 32.5. The number of carbonyl (C=O) groups is 2. The third-order valence-corrected chi connectivity index (χ3v) is 6.71. The van der Waals surface area contributed by atoms with Gasteiger partial charge in [0.05, 0.1) is 17.2 Å². The predicted molar refractivity (Wildman–Crippen MR) is 127 cm³/mol. The minimum Gasteiger partial charge on any atom is -0.490 e. The standard InChI is InChI=1S/C23H25N3O4S2/c1-2-29-19-13-16(8-9-18(19)30-14-21(27)26-10-4-3-5-11-26)22(28)25-23-24-17(15-32-23)20-7-6-12-31-20/h6-9,12-13,15H,2-5,10-11,14H2,1H3,(H,24,25,28). The molecule has 0 spiro atoms. The average Bonchev–Trinajstić information content (AvgIpc) is 3.51. The van der Waals surface area contributed by atoms with Gasteiger partial charge in [0.25, 0.3) is 11.8 Å². The van der Waals surface area contributed by atoms with E-state index >= 15 is 0 Å². The van der Waals surface area contributed by atoms with Gasteiger partial charge in [0, 0.05) is 24.0 Å². The van der Waals surface area contributed by atoms with Crippen molar-refractivity contribution in [2.45, 2.75) is 26.2 Å². The number of hydrogen-bond donors (Lipinski definition) is 1. The summed E-state index contributed by atoms with van der Waals surface area (Å²) in [5, 5.41) is 7.28. The zero-order valence-electron chi connectivity index (χ0n) is 17.8. The number of rotatable bonds is 8. The monoisotopic (exact) mass is 471 g/mol. The highest BCUT2D eigenvalue weighted by atomic mass is 32.1. The third-order valence-electron chi connectivity index (χ3n) is 5.06. The van der Waals surface area contributed by atoms with Crippen LogP contribution in [0.2, 0.25) is 0 Å². The molecule has 0 aliphatic carbocycles. The number of thiophene rings is 1. The van der Waals surface area contributed by atoms with Crippen LogP contribution >= 0.6 is 22.7 Å². The zero-order chi connectivity index (χ0) is 22.3. The average molecular weight is 472 g/mol. The molecule has 2 amide bonds. The number of likely N-dealkylation sites (tertiary alicyclic amines) is 1. The summed E-state index contributed by atoms with van der Waals surface area (Å²) in [5.74, 6) is 0.571. The van der Waals surface area contributed by atoms with Crippen LogP contribution in [0, 0.1) is 0 Å². The van der Waals surface area contributed by atoms with Gasteiger partial charge in [0.1, 0.15) is 0 Å². The van der Waals surface area contributed by atoms with E-state index in [4.69, 9.17) is 9.47 Å². The van der Waals surface area contributed by atoms with Crippen LogP contribution in [0.15, 0.2) is 41.1 Å². The summed E-state index contributed by atoms with van der Waals surface area (Å²) >= 11 is 2.98. The Labute approximate surface area is 195 Å². The van der Waals surface area contributed by atoms with E-state index in [1.54, 1.807) is 29.5 Å². The first kappa shape index (κ1) is 22.3. The number of piperidine rings is 1. The van der Waals surface area contributed by atoms with Crippen molar-refractivity contribution in [2.75, 3.05) is 31.6 Å². The second kappa shape index (κ2) is 10.6. The van der Waals surface area contributed by atoms with E-state index in [1.165, 1.54) is 17.8 Å². The predicted octanol–water partition coefficient (Wildman–Crippen LogP) is 4.91. The SMILES string of the molecule is CCOc1cc(C(=O)Nc2nc(-c3cccs3)cs2)ccc1OCC(=O)N1CCCCC1. The van der Waals surface area contributed by atoms with Gasteiger partial charge in [-0.15, -0.1) is 22.7 Å². The Balaban J connectivity index is 1.41. The number of ether oxygens (including phenoxy) is 2. The van der Waals surface area contributed by atoms with E-state index in [0.29, 0.717) is 28.8 Å². The fourth-order valence-electron chi connectivity index (χ4n) is 3.45. The quantitative estimate of drug-likeness (QED) is 0.505. The molecule has 0 unspecified atom stereocenters.